The fourth-order valence-electron chi connectivity index (χ4n) is 4.56. The lowest BCUT2D eigenvalue weighted by Gasteiger charge is -2.23. The van der Waals surface area contributed by atoms with E-state index < -0.39 is 26.1 Å². The van der Waals surface area contributed by atoms with Crippen molar-refractivity contribution in [2.75, 3.05) is 27.7 Å². The van der Waals surface area contributed by atoms with Crippen molar-refractivity contribution in [2.45, 2.75) is 26.1 Å². The van der Waals surface area contributed by atoms with Crippen LogP contribution in [0.4, 0.5) is 11.4 Å². The van der Waals surface area contributed by atoms with Gasteiger partial charge in [0, 0.05) is 23.7 Å². The van der Waals surface area contributed by atoms with E-state index in [0.717, 1.165) is 23.6 Å². The van der Waals surface area contributed by atoms with Crippen molar-refractivity contribution < 1.29 is 26.4 Å². The molecule has 0 aliphatic heterocycles. The molecule has 4 aromatic carbocycles. The molecule has 1 atom stereocenters. The molecule has 10 nitrogen and oxygen atoms in total. The van der Waals surface area contributed by atoms with Gasteiger partial charge in [-0.2, -0.15) is 0 Å². The van der Waals surface area contributed by atoms with Crippen LogP contribution in [0.2, 0.25) is 0 Å². The molecule has 0 fully saturated rings. The number of amides is 2. The smallest absolute Gasteiger partial charge is 0.251 e. The lowest BCUT2D eigenvalue weighted by Crippen LogP contribution is -2.41. The zero-order valence-electron chi connectivity index (χ0n) is 25.3. The van der Waals surface area contributed by atoms with Gasteiger partial charge < -0.3 is 10.6 Å². The van der Waals surface area contributed by atoms with Crippen LogP contribution in [-0.4, -0.2) is 53.7 Å². The van der Waals surface area contributed by atoms with Crippen molar-refractivity contribution in [1.82, 2.24) is 10.6 Å². The minimum atomic E-state index is -3.57. The molecule has 2 amide bonds. The van der Waals surface area contributed by atoms with Crippen molar-refractivity contribution in [3.8, 4) is 0 Å². The van der Waals surface area contributed by atoms with E-state index in [-0.39, 0.29) is 31.4 Å². The van der Waals surface area contributed by atoms with E-state index >= 15 is 0 Å². The highest BCUT2D eigenvalue weighted by atomic mass is 32.2. The first-order valence-corrected chi connectivity index (χ1v) is 17.8. The van der Waals surface area contributed by atoms with E-state index in [0.29, 0.717) is 22.5 Å². The van der Waals surface area contributed by atoms with Gasteiger partial charge in [-0.1, -0.05) is 60.7 Å². The van der Waals surface area contributed by atoms with Gasteiger partial charge in [0.05, 0.1) is 37.0 Å². The van der Waals surface area contributed by atoms with Gasteiger partial charge >= 0.3 is 0 Å². The normalized spacial score (nSPS) is 12.2. The van der Waals surface area contributed by atoms with Crippen LogP contribution in [-0.2, 0) is 33.1 Å². The highest BCUT2D eigenvalue weighted by Crippen LogP contribution is 2.23. The first-order chi connectivity index (χ1) is 21.3. The van der Waals surface area contributed by atoms with E-state index in [4.69, 9.17) is 0 Å². The van der Waals surface area contributed by atoms with Crippen LogP contribution in [0.3, 0.4) is 0 Å². The fourth-order valence-corrected chi connectivity index (χ4v) is 6.34. The molecule has 236 valence electrons. The summed E-state index contributed by atoms with van der Waals surface area (Å²) in [5.41, 5.74) is 3.21. The number of hydrogen-bond acceptors (Lipinski definition) is 6. The maximum absolute atomic E-state index is 12.8. The molecule has 0 aromatic heterocycles. The van der Waals surface area contributed by atoms with Gasteiger partial charge in [0.1, 0.15) is 0 Å². The number of nitrogens with zero attached hydrogens (tertiary/aromatic N) is 2. The van der Waals surface area contributed by atoms with Crippen LogP contribution in [0.1, 0.15) is 38.8 Å². The second-order valence-electron chi connectivity index (χ2n) is 10.7. The highest BCUT2D eigenvalue weighted by Gasteiger charge is 2.20. The number of nitrogens with one attached hydrogen (secondary N) is 2. The third kappa shape index (κ3) is 9.40. The summed E-state index contributed by atoms with van der Waals surface area (Å²) in [4.78, 5) is 25.6. The van der Waals surface area contributed by atoms with Crippen molar-refractivity contribution in [3.05, 3.63) is 131 Å². The Labute approximate surface area is 264 Å². The second-order valence-corrected chi connectivity index (χ2v) is 14.5. The van der Waals surface area contributed by atoms with Crippen LogP contribution in [0, 0.1) is 0 Å². The van der Waals surface area contributed by atoms with Crippen molar-refractivity contribution in [3.63, 3.8) is 0 Å². The zero-order chi connectivity index (χ0) is 32.6. The monoisotopic (exact) mass is 648 g/mol. The van der Waals surface area contributed by atoms with E-state index in [1.54, 1.807) is 55.5 Å². The summed E-state index contributed by atoms with van der Waals surface area (Å²) in [5.74, 6) is -0.749. The maximum atomic E-state index is 12.8. The van der Waals surface area contributed by atoms with Crippen LogP contribution in [0.5, 0.6) is 0 Å². The van der Waals surface area contributed by atoms with Gasteiger partial charge in [-0.15, -0.1) is 0 Å². The van der Waals surface area contributed by atoms with Crippen molar-refractivity contribution >= 4 is 43.2 Å². The first kappa shape index (κ1) is 33.2. The molecule has 4 aromatic rings. The summed E-state index contributed by atoms with van der Waals surface area (Å²) in [5, 5.41) is 5.61. The van der Waals surface area contributed by atoms with Gasteiger partial charge in [0.15, 0.2) is 0 Å². The van der Waals surface area contributed by atoms with Crippen LogP contribution < -0.4 is 19.2 Å². The van der Waals surface area contributed by atoms with Gasteiger partial charge in [0.2, 0.25) is 20.0 Å². The summed E-state index contributed by atoms with van der Waals surface area (Å²) >= 11 is 0. The molecule has 0 aliphatic rings. The lowest BCUT2D eigenvalue weighted by atomic mass is 10.1. The summed E-state index contributed by atoms with van der Waals surface area (Å²) < 4.78 is 52.4. The van der Waals surface area contributed by atoms with Crippen LogP contribution in [0.25, 0.3) is 0 Å². The molecule has 0 radical (unpaired) electrons. The molecule has 0 spiro atoms. The lowest BCUT2D eigenvalue weighted by molar-refractivity contribution is 0.0912. The molecule has 2 N–H and O–H groups in total. The molecule has 0 heterocycles. The topological polar surface area (TPSA) is 133 Å². The summed E-state index contributed by atoms with van der Waals surface area (Å²) in [6, 6.07) is 30.6. The van der Waals surface area contributed by atoms with Gasteiger partial charge in [0.25, 0.3) is 11.8 Å². The minimum absolute atomic E-state index is 0.146. The predicted octanol–water partition coefficient (Wildman–Crippen LogP) is 4.17. The van der Waals surface area contributed by atoms with Gasteiger partial charge in [-0.25, -0.2) is 16.8 Å². The highest BCUT2D eigenvalue weighted by molar-refractivity contribution is 7.92. The second kappa shape index (κ2) is 14.4. The maximum Gasteiger partial charge on any atom is 0.251 e. The molecule has 4 rings (SSSR count). The Hall–Kier alpha value is -4.68. The number of anilines is 2. The SMILES string of the molecule is C[C@H](CNC(=O)c1ccc(N(Cc2ccccc2)S(C)(=O)=O)cc1)NC(=O)c1ccc(N(Cc2ccccc2)S(C)(=O)=O)cc1. The Kier molecular flexibility index (Phi) is 10.6. The number of carbonyl (C=O) groups is 2. The molecule has 0 saturated carbocycles. The fraction of sp³-hybridized carbons (Fsp3) is 0.212. The molecule has 0 bridgehead atoms. The number of sulfonamides is 2. The van der Waals surface area contributed by atoms with E-state index in [2.05, 4.69) is 10.6 Å². The Bertz CT molecular complexity index is 1820. The summed E-state index contributed by atoms with van der Waals surface area (Å²) in [6.45, 7) is 2.21. The third-order valence-electron chi connectivity index (χ3n) is 6.92. The number of hydrogen-bond donors (Lipinski definition) is 2. The molecule has 0 unspecified atom stereocenters. The predicted molar refractivity (Wildman–Crippen MR) is 177 cm³/mol. The summed E-state index contributed by atoms with van der Waals surface area (Å²) in [6.07, 6.45) is 2.27. The number of rotatable bonds is 13. The van der Waals surface area contributed by atoms with Gasteiger partial charge in [-0.05, 0) is 66.6 Å². The molecule has 12 heteroatoms. The van der Waals surface area contributed by atoms with E-state index in [9.17, 15) is 26.4 Å². The Morgan fingerprint density at radius 3 is 1.36 bits per heavy atom. The minimum Gasteiger partial charge on any atom is -0.350 e. The van der Waals surface area contributed by atoms with Crippen molar-refractivity contribution in [1.29, 1.82) is 0 Å². The van der Waals surface area contributed by atoms with E-state index in [1.165, 1.54) is 8.61 Å². The average molecular weight is 649 g/mol. The Balaban J connectivity index is 1.33. The zero-order valence-corrected chi connectivity index (χ0v) is 26.9. The first-order valence-electron chi connectivity index (χ1n) is 14.1. The molecule has 45 heavy (non-hydrogen) atoms. The average Bonchev–Trinajstić information content (AvgIpc) is 3.01. The molecule has 0 saturated heterocycles. The number of carbonyl (C=O) groups excluding carboxylic acids is 2. The largest absolute Gasteiger partial charge is 0.350 e. The van der Waals surface area contributed by atoms with Gasteiger partial charge in [-0.3, -0.25) is 18.2 Å². The number of benzene rings is 4. The van der Waals surface area contributed by atoms with Crippen LogP contribution >= 0.6 is 0 Å². The molecular weight excluding hydrogens is 613 g/mol. The Morgan fingerprint density at radius 2 is 0.978 bits per heavy atom. The van der Waals surface area contributed by atoms with Crippen LogP contribution in [0.15, 0.2) is 109 Å². The molecule has 0 aliphatic carbocycles. The quantitative estimate of drug-likeness (QED) is 0.224. The standard InChI is InChI=1S/C33H36N4O6S2/c1-25(35-33(39)29-16-20-31(21-17-29)37(45(3,42)43)24-27-12-8-5-9-13-27)22-34-32(38)28-14-18-30(19-15-28)36(44(2,40)41)23-26-10-6-4-7-11-26/h4-21,25H,22-24H2,1-3H3,(H,34,38)(H,35,39)/t25-/m1/s1. The van der Waals surface area contributed by atoms with Crippen molar-refractivity contribution in [2.24, 2.45) is 0 Å². The third-order valence-corrected chi connectivity index (χ3v) is 9.20. The van der Waals surface area contributed by atoms with E-state index in [1.807, 2.05) is 60.7 Å². The Morgan fingerprint density at radius 1 is 0.600 bits per heavy atom. The summed E-state index contributed by atoms with van der Waals surface area (Å²) in [7, 11) is -7.14. The molecular formula is C33H36N4O6S2.